The minimum absolute atomic E-state index is 0.0629. The molecule has 0 radical (unpaired) electrons. The summed E-state index contributed by atoms with van der Waals surface area (Å²) in [6, 6.07) is 9.22. The molecule has 1 aliphatic rings. The molecule has 0 bridgehead atoms. The minimum atomic E-state index is -3.78. The Morgan fingerprint density at radius 1 is 1.10 bits per heavy atom. The van der Waals surface area contributed by atoms with Crippen LogP contribution < -0.4 is 14.4 Å². The number of nitrogens with one attached hydrogen (secondary N) is 1. The summed E-state index contributed by atoms with van der Waals surface area (Å²) < 4.78 is 56.7. The van der Waals surface area contributed by atoms with Gasteiger partial charge >= 0.3 is 0 Å². The number of benzene rings is 2. The maximum atomic E-state index is 12.8. The second-order valence-corrected chi connectivity index (χ2v) is 11.4. The van der Waals surface area contributed by atoms with Crippen molar-refractivity contribution < 1.29 is 26.4 Å². The number of carbonyl (C=O) groups is 1. The number of rotatable bonds is 6. The SMILES string of the molecule is COc1ccc(NC(=O)c2ccc3c(c2)CCCN3S(C)(=O)=O)cc1S(=O)(=O)N(C)C. The lowest BCUT2D eigenvalue weighted by Gasteiger charge is -2.29. The summed E-state index contributed by atoms with van der Waals surface area (Å²) in [5, 5.41) is 2.70. The molecule has 2 aromatic rings. The zero-order valence-corrected chi connectivity index (χ0v) is 19.4. The molecule has 1 amide bonds. The van der Waals surface area contributed by atoms with Gasteiger partial charge in [0.15, 0.2) is 0 Å². The van der Waals surface area contributed by atoms with Crippen LogP contribution in [0.1, 0.15) is 22.3 Å². The van der Waals surface area contributed by atoms with E-state index in [2.05, 4.69) is 5.32 Å². The average molecular weight is 468 g/mol. The van der Waals surface area contributed by atoms with Gasteiger partial charge in [-0.05, 0) is 54.8 Å². The topological polar surface area (TPSA) is 113 Å². The largest absolute Gasteiger partial charge is 0.495 e. The highest BCUT2D eigenvalue weighted by Crippen LogP contribution is 2.31. The Morgan fingerprint density at radius 3 is 2.42 bits per heavy atom. The molecular weight excluding hydrogens is 442 g/mol. The van der Waals surface area contributed by atoms with Gasteiger partial charge in [0.25, 0.3) is 5.91 Å². The maximum absolute atomic E-state index is 12.8. The molecule has 0 spiro atoms. The first-order valence-electron chi connectivity index (χ1n) is 9.47. The van der Waals surface area contributed by atoms with Gasteiger partial charge in [-0.15, -0.1) is 0 Å². The highest BCUT2D eigenvalue weighted by Gasteiger charge is 2.26. The number of carbonyl (C=O) groups excluding carboxylic acids is 1. The average Bonchev–Trinajstić information content (AvgIpc) is 2.71. The van der Waals surface area contributed by atoms with Gasteiger partial charge in [0.05, 0.1) is 19.1 Å². The first-order chi connectivity index (χ1) is 14.4. The fourth-order valence-electron chi connectivity index (χ4n) is 3.40. The Hall–Kier alpha value is -2.63. The summed E-state index contributed by atoms with van der Waals surface area (Å²) in [5.74, 6) is -0.265. The van der Waals surface area contributed by atoms with Crippen molar-refractivity contribution in [1.29, 1.82) is 0 Å². The number of hydrogen-bond donors (Lipinski definition) is 1. The number of hydrogen-bond acceptors (Lipinski definition) is 6. The number of sulfonamides is 2. The van der Waals surface area contributed by atoms with Gasteiger partial charge in [0.2, 0.25) is 20.0 Å². The molecule has 31 heavy (non-hydrogen) atoms. The Labute approximate surface area is 182 Å². The molecule has 11 heteroatoms. The van der Waals surface area contributed by atoms with E-state index in [9.17, 15) is 21.6 Å². The van der Waals surface area contributed by atoms with E-state index in [-0.39, 0.29) is 10.6 Å². The second-order valence-electron chi connectivity index (χ2n) is 7.39. The normalized spacial score (nSPS) is 14.3. The molecule has 2 aromatic carbocycles. The van der Waals surface area contributed by atoms with E-state index in [1.54, 1.807) is 24.3 Å². The predicted molar refractivity (Wildman–Crippen MR) is 119 cm³/mol. The van der Waals surface area contributed by atoms with E-state index in [1.807, 2.05) is 0 Å². The number of ether oxygens (including phenoxy) is 1. The predicted octanol–water partition coefficient (Wildman–Crippen LogP) is 1.91. The van der Waals surface area contributed by atoms with E-state index in [0.29, 0.717) is 36.3 Å². The quantitative estimate of drug-likeness (QED) is 0.694. The van der Waals surface area contributed by atoms with Crippen LogP contribution in [0.2, 0.25) is 0 Å². The van der Waals surface area contributed by atoms with Crippen molar-refractivity contribution in [2.75, 3.05) is 43.6 Å². The fourth-order valence-corrected chi connectivity index (χ4v) is 5.48. The van der Waals surface area contributed by atoms with Crippen molar-refractivity contribution in [1.82, 2.24) is 4.31 Å². The lowest BCUT2D eigenvalue weighted by Crippen LogP contribution is -2.34. The Bertz CT molecular complexity index is 1220. The maximum Gasteiger partial charge on any atom is 0.255 e. The molecule has 1 heterocycles. The molecule has 0 unspecified atom stereocenters. The zero-order chi connectivity index (χ0) is 23.0. The molecule has 0 saturated carbocycles. The van der Waals surface area contributed by atoms with E-state index in [4.69, 9.17) is 4.74 Å². The Morgan fingerprint density at radius 2 is 1.81 bits per heavy atom. The summed E-state index contributed by atoms with van der Waals surface area (Å²) in [6.45, 7) is 0.409. The molecule has 0 atom stereocenters. The molecule has 1 aliphatic heterocycles. The standard InChI is InChI=1S/C20H25N3O6S2/c1-22(2)31(27,28)19-13-16(8-10-18(19)29-3)21-20(24)15-7-9-17-14(12-15)6-5-11-23(17)30(4,25)26/h7-10,12-13H,5-6,11H2,1-4H3,(H,21,24). The van der Waals surface area contributed by atoms with Gasteiger partial charge in [0.1, 0.15) is 10.6 Å². The van der Waals surface area contributed by atoms with Crippen LogP contribution in [0.5, 0.6) is 5.75 Å². The number of amides is 1. The molecule has 3 rings (SSSR count). The van der Waals surface area contributed by atoms with Gasteiger partial charge in [-0.1, -0.05) is 0 Å². The van der Waals surface area contributed by atoms with Crippen LogP contribution in [0.3, 0.4) is 0 Å². The monoisotopic (exact) mass is 467 g/mol. The molecule has 0 fully saturated rings. The summed E-state index contributed by atoms with van der Waals surface area (Å²) in [5.41, 5.74) is 1.99. The summed E-state index contributed by atoms with van der Waals surface area (Å²) in [4.78, 5) is 12.7. The van der Waals surface area contributed by atoms with E-state index >= 15 is 0 Å². The van der Waals surface area contributed by atoms with E-state index < -0.39 is 26.0 Å². The Balaban J connectivity index is 1.91. The van der Waals surface area contributed by atoms with Crippen molar-refractivity contribution >= 4 is 37.3 Å². The lowest BCUT2D eigenvalue weighted by molar-refractivity contribution is 0.102. The van der Waals surface area contributed by atoms with Gasteiger partial charge in [-0.3, -0.25) is 9.10 Å². The highest BCUT2D eigenvalue weighted by atomic mass is 32.2. The van der Waals surface area contributed by atoms with Crippen molar-refractivity contribution in [3.05, 3.63) is 47.5 Å². The highest BCUT2D eigenvalue weighted by molar-refractivity contribution is 7.92. The fraction of sp³-hybridized carbons (Fsp3) is 0.350. The molecule has 0 aromatic heterocycles. The third-order valence-corrected chi connectivity index (χ3v) is 8.01. The van der Waals surface area contributed by atoms with Gasteiger partial charge in [-0.2, -0.15) is 0 Å². The van der Waals surface area contributed by atoms with Crippen LogP contribution in [0.25, 0.3) is 0 Å². The molecule has 0 aliphatic carbocycles. The lowest BCUT2D eigenvalue weighted by atomic mass is 10.0. The molecule has 0 saturated heterocycles. The van der Waals surface area contributed by atoms with Crippen molar-refractivity contribution in [2.24, 2.45) is 0 Å². The number of aryl methyl sites for hydroxylation is 1. The third-order valence-electron chi connectivity index (χ3n) is 5.00. The molecule has 168 valence electrons. The molecule has 9 nitrogen and oxygen atoms in total. The number of nitrogens with zero attached hydrogens (tertiary/aromatic N) is 2. The van der Waals surface area contributed by atoms with Crippen LogP contribution in [0, 0.1) is 0 Å². The van der Waals surface area contributed by atoms with Gasteiger partial charge in [0, 0.05) is 31.9 Å². The zero-order valence-electron chi connectivity index (χ0n) is 17.7. The summed E-state index contributed by atoms with van der Waals surface area (Å²) in [7, 11) is -2.98. The van der Waals surface area contributed by atoms with Crippen LogP contribution in [0.4, 0.5) is 11.4 Å². The first kappa shape index (κ1) is 23.0. The molecule has 1 N–H and O–H groups in total. The van der Waals surface area contributed by atoms with Gasteiger partial charge < -0.3 is 10.1 Å². The van der Waals surface area contributed by atoms with E-state index in [0.717, 1.165) is 16.1 Å². The van der Waals surface area contributed by atoms with Crippen LogP contribution in [-0.2, 0) is 26.5 Å². The number of fused-ring (bicyclic) bond motifs is 1. The third kappa shape index (κ3) is 4.68. The number of anilines is 2. The van der Waals surface area contributed by atoms with Crippen LogP contribution in [0.15, 0.2) is 41.3 Å². The van der Waals surface area contributed by atoms with E-state index in [1.165, 1.54) is 37.6 Å². The summed E-state index contributed by atoms with van der Waals surface area (Å²) >= 11 is 0. The Kier molecular flexibility index (Phi) is 6.30. The molecular formula is C20H25N3O6S2. The van der Waals surface area contributed by atoms with Crippen molar-refractivity contribution in [3.63, 3.8) is 0 Å². The van der Waals surface area contributed by atoms with Crippen LogP contribution in [-0.4, -0.2) is 61.1 Å². The van der Waals surface area contributed by atoms with Crippen molar-refractivity contribution in [2.45, 2.75) is 17.7 Å². The second kappa shape index (κ2) is 8.48. The van der Waals surface area contributed by atoms with Gasteiger partial charge in [-0.25, -0.2) is 21.1 Å². The first-order valence-corrected chi connectivity index (χ1v) is 12.8. The van der Waals surface area contributed by atoms with Crippen LogP contribution >= 0.6 is 0 Å². The summed E-state index contributed by atoms with van der Waals surface area (Å²) in [6.07, 6.45) is 2.48. The smallest absolute Gasteiger partial charge is 0.255 e. The minimum Gasteiger partial charge on any atom is -0.495 e. The number of methoxy groups -OCH3 is 1. The van der Waals surface area contributed by atoms with Crippen molar-refractivity contribution in [3.8, 4) is 5.75 Å².